The van der Waals surface area contributed by atoms with Crippen LogP contribution in [-0.4, -0.2) is 4.98 Å². The Morgan fingerprint density at radius 2 is 1.94 bits per heavy atom. The molecule has 0 amide bonds. The van der Waals surface area contributed by atoms with Crippen LogP contribution in [0.3, 0.4) is 0 Å². The molecule has 0 bridgehead atoms. The molecule has 0 saturated heterocycles. The molecule has 0 aliphatic heterocycles. The Hall–Kier alpha value is -0.780. The van der Waals surface area contributed by atoms with Crippen molar-refractivity contribution >= 4 is 28.3 Å². The molecule has 1 atom stereocenters. The molecular formula is C11H12BrFN2S. The van der Waals surface area contributed by atoms with Gasteiger partial charge in [0.15, 0.2) is 0 Å². The molecule has 1 unspecified atom stereocenters. The molecule has 0 saturated carbocycles. The first-order valence-electron chi connectivity index (χ1n) is 4.64. The fourth-order valence-corrected chi connectivity index (χ4v) is 2.15. The van der Waals surface area contributed by atoms with Crippen molar-refractivity contribution in [2.75, 3.05) is 0 Å². The first kappa shape index (κ1) is 13.3. The van der Waals surface area contributed by atoms with Gasteiger partial charge < -0.3 is 5.73 Å². The predicted octanol–water partition coefficient (Wildman–Crippen LogP) is 3.55. The highest BCUT2D eigenvalue weighted by Gasteiger charge is 2.07. The van der Waals surface area contributed by atoms with Crippen LogP contribution in [0.2, 0.25) is 0 Å². The van der Waals surface area contributed by atoms with Crippen LogP contribution in [0.1, 0.15) is 18.7 Å². The van der Waals surface area contributed by atoms with Gasteiger partial charge in [-0.1, -0.05) is 0 Å². The topological polar surface area (TPSA) is 38.9 Å². The molecule has 5 heteroatoms. The number of benzene rings is 1. The predicted molar refractivity (Wildman–Crippen MR) is 70.4 cm³/mol. The van der Waals surface area contributed by atoms with Crippen LogP contribution in [0.15, 0.2) is 29.6 Å². The molecule has 0 radical (unpaired) electrons. The third-order valence-corrected chi connectivity index (χ3v) is 2.99. The number of hydrogen-bond donors (Lipinski definition) is 1. The number of nitrogens with zero attached hydrogens (tertiary/aromatic N) is 1. The van der Waals surface area contributed by atoms with Crippen molar-refractivity contribution in [1.29, 1.82) is 0 Å². The molecular weight excluding hydrogens is 291 g/mol. The van der Waals surface area contributed by atoms with E-state index >= 15 is 0 Å². The maximum atomic E-state index is 12.7. The normalized spacial score (nSPS) is 11.9. The van der Waals surface area contributed by atoms with E-state index in [4.69, 9.17) is 5.73 Å². The van der Waals surface area contributed by atoms with Crippen molar-refractivity contribution in [2.24, 2.45) is 5.73 Å². The number of hydrogen-bond acceptors (Lipinski definition) is 3. The van der Waals surface area contributed by atoms with Crippen LogP contribution < -0.4 is 5.73 Å². The molecule has 1 aromatic heterocycles. The Labute approximate surface area is 108 Å². The third-order valence-electron chi connectivity index (χ3n) is 2.08. The lowest BCUT2D eigenvalue weighted by atomic mass is 10.2. The summed E-state index contributed by atoms with van der Waals surface area (Å²) in [5, 5.41) is 2.81. The minimum absolute atomic E-state index is 0. The highest BCUT2D eigenvalue weighted by atomic mass is 79.9. The summed E-state index contributed by atoms with van der Waals surface area (Å²) in [5.41, 5.74) is 7.51. The van der Waals surface area contributed by atoms with Crippen LogP contribution >= 0.6 is 28.3 Å². The lowest BCUT2D eigenvalue weighted by molar-refractivity contribution is 0.628. The van der Waals surface area contributed by atoms with E-state index in [1.165, 1.54) is 23.5 Å². The van der Waals surface area contributed by atoms with E-state index in [0.29, 0.717) is 0 Å². The van der Waals surface area contributed by atoms with Gasteiger partial charge in [-0.25, -0.2) is 9.37 Å². The fourth-order valence-electron chi connectivity index (χ4n) is 1.22. The van der Waals surface area contributed by atoms with E-state index in [-0.39, 0.29) is 28.8 Å². The van der Waals surface area contributed by atoms with Crippen LogP contribution in [0.5, 0.6) is 0 Å². The average Bonchev–Trinajstić information content (AvgIpc) is 2.68. The first-order chi connectivity index (χ1) is 7.16. The summed E-state index contributed by atoms with van der Waals surface area (Å²) in [6.07, 6.45) is 0. The van der Waals surface area contributed by atoms with Gasteiger partial charge in [-0.3, -0.25) is 0 Å². The molecule has 2 aromatic rings. The molecule has 2 N–H and O–H groups in total. The van der Waals surface area contributed by atoms with Gasteiger partial charge >= 0.3 is 0 Å². The Morgan fingerprint density at radius 3 is 2.44 bits per heavy atom. The Balaban J connectivity index is 0.00000128. The molecule has 16 heavy (non-hydrogen) atoms. The largest absolute Gasteiger partial charge is 0.323 e. The summed E-state index contributed by atoms with van der Waals surface area (Å²) >= 11 is 1.52. The van der Waals surface area contributed by atoms with Crippen molar-refractivity contribution in [2.45, 2.75) is 13.0 Å². The van der Waals surface area contributed by atoms with Gasteiger partial charge in [0.05, 0.1) is 5.69 Å². The minimum atomic E-state index is -0.234. The third kappa shape index (κ3) is 2.87. The second kappa shape index (κ2) is 5.52. The van der Waals surface area contributed by atoms with E-state index in [1.54, 1.807) is 12.1 Å². The Bertz CT molecular complexity index is 453. The summed E-state index contributed by atoms with van der Waals surface area (Å²) in [5.74, 6) is -0.234. The molecule has 0 aliphatic carbocycles. The number of halogens is 2. The van der Waals surface area contributed by atoms with Crippen LogP contribution in [-0.2, 0) is 0 Å². The molecule has 0 spiro atoms. The van der Waals surface area contributed by atoms with Gasteiger partial charge in [0, 0.05) is 17.0 Å². The Kier molecular flexibility index (Phi) is 4.58. The zero-order chi connectivity index (χ0) is 10.8. The van der Waals surface area contributed by atoms with E-state index in [0.717, 1.165) is 16.3 Å². The number of nitrogens with two attached hydrogens (primary N) is 1. The fraction of sp³-hybridized carbons (Fsp3) is 0.182. The number of aromatic nitrogens is 1. The zero-order valence-electron chi connectivity index (χ0n) is 8.68. The Morgan fingerprint density at radius 1 is 1.31 bits per heavy atom. The summed E-state index contributed by atoms with van der Waals surface area (Å²) in [7, 11) is 0. The first-order valence-corrected chi connectivity index (χ1v) is 5.52. The highest BCUT2D eigenvalue weighted by Crippen LogP contribution is 2.25. The molecule has 0 fully saturated rings. The molecule has 1 heterocycles. The van der Waals surface area contributed by atoms with E-state index < -0.39 is 0 Å². The van der Waals surface area contributed by atoms with Gasteiger partial charge in [0.2, 0.25) is 0 Å². The maximum absolute atomic E-state index is 12.7. The van der Waals surface area contributed by atoms with Crippen LogP contribution in [0, 0.1) is 5.82 Å². The van der Waals surface area contributed by atoms with Gasteiger partial charge in [0.25, 0.3) is 0 Å². The molecule has 2 rings (SSSR count). The van der Waals surface area contributed by atoms with Crippen molar-refractivity contribution in [3.05, 3.63) is 41.2 Å². The van der Waals surface area contributed by atoms with Crippen LogP contribution in [0.25, 0.3) is 10.6 Å². The van der Waals surface area contributed by atoms with Crippen molar-refractivity contribution < 1.29 is 4.39 Å². The summed E-state index contributed by atoms with van der Waals surface area (Å²) in [6, 6.07) is 6.25. The molecule has 1 aromatic carbocycles. The van der Waals surface area contributed by atoms with Crippen LogP contribution in [0.4, 0.5) is 4.39 Å². The van der Waals surface area contributed by atoms with Gasteiger partial charge in [-0.15, -0.1) is 28.3 Å². The summed E-state index contributed by atoms with van der Waals surface area (Å²) in [4.78, 5) is 4.38. The summed E-state index contributed by atoms with van der Waals surface area (Å²) in [6.45, 7) is 1.89. The number of rotatable bonds is 2. The smallest absolute Gasteiger partial charge is 0.123 e. The SMILES string of the molecule is Br.CC(N)c1csc(-c2ccc(F)cc2)n1. The minimum Gasteiger partial charge on any atom is -0.323 e. The molecule has 0 aliphatic rings. The lowest BCUT2D eigenvalue weighted by Crippen LogP contribution is -2.04. The van der Waals surface area contributed by atoms with Gasteiger partial charge in [-0.2, -0.15) is 0 Å². The quantitative estimate of drug-likeness (QED) is 0.921. The van der Waals surface area contributed by atoms with Crippen molar-refractivity contribution in [3.8, 4) is 10.6 Å². The van der Waals surface area contributed by atoms with Crippen molar-refractivity contribution in [3.63, 3.8) is 0 Å². The number of thiazole rings is 1. The van der Waals surface area contributed by atoms with E-state index in [9.17, 15) is 4.39 Å². The monoisotopic (exact) mass is 302 g/mol. The van der Waals surface area contributed by atoms with Crippen molar-refractivity contribution in [1.82, 2.24) is 4.98 Å². The lowest BCUT2D eigenvalue weighted by Gasteiger charge is -1.98. The second-order valence-corrected chi connectivity index (χ2v) is 4.23. The molecule has 2 nitrogen and oxygen atoms in total. The van der Waals surface area contributed by atoms with E-state index in [1.807, 2.05) is 12.3 Å². The highest BCUT2D eigenvalue weighted by molar-refractivity contribution is 8.93. The maximum Gasteiger partial charge on any atom is 0.123 e. The average molecular weight is 303 g/mol. The summed E-state index contributed by atoms with van der Waals surface area (Å²) < 4.78 is 12.7. The second-order valence-electron chi connectivity index (χ2n) is 3.37. The van der Waals surface area contributed by atoms with Gasteiger partial charge in [0.1, 0.15) is 10.8 Å². The standard InChI is InChI=1S/C11H11FN2S.BrH/c1-7(13)10-6-15-11(14-10)8-2-4-9(12)5-3-8;/h2-7H,13H2,1H3;1H. The zero-order valence-corrected chi connectivity index (χ0v) is 11.2. The molecule has 86 valence electrons. The van der Waals surface area contributed by atoms with E-state index in [2.05, 4.69) is 4.98 Å². The van der Waals surface area contributed by atoms with Gasteiger partial charge in [-0.05, 0) is 31.2 Å².